The molecule has 3 heterocycles. The second-order valence-corrected chi connectivity index (χ2v) is 9.74. The number of rotatable bonds is 3. The molecule has 2 saturated carbocycles. The molecule has 0 aromatic heterocycles. The molecular formula is C23H28N2O5. The molecular weight excluding hydrogens is 384 g/mol. The largest absolute Gasteiger partial charge is 0.462 e. The first-order valence-corrected chi connectivity index (χ1v) is 10.9. The average Bonchev–Trinajstić information content (AvgIpc) is 3.19. The van der Waals surface area contributed by atoms with E-state index < -0.39 is 5.41 Å². The van der Waals surface area contributed by atoms with Crippen LogP contribution in [0.3, 0.4) is 0 Å². The Morgan fingerprint density at radius 2 is 2.10 bits per heavy atom. The Balaban J connectivity index is 1.62. The molecule has 2 aliphatic carbocycles. The number of ether oxygens (including phenoxy) is 2. The van der Waals surface area contributed by atoms with Crippen LogP contribution < -0.4 is 5.06 Å². The van der Waals surface area contributed by atoms with Crippen LogP contribution in [0.25, 0.3) is 0 Å². The molecule has 0 N–H and O–H groups in total. The molecule has 1 spiro atoms. The summed E-state index contributed by atoms with van der Waals surface area (Å²) in [5.74, 6) is 0.439. The van der Waals surface area contributed by atoms with E-state index in [0.717, 1.165) is 24.2 Å². The van der Waals surface area contributed by atoms with Crippen LogP contribution in [0.15, 0.2) is 24.3 Å². The fourth-order valence-electron chi connectivity index (χ4n) is 8.34. The van der Waals surface area contributed by atoms with Crippen molar-refractivity contribution in [2.45, 2.75) is 43.9 Å². The van der Waals surface area contributed by atoms with Gasteiger partial charge in [0.2, 0.25) is 0 Å². The summed E-state index contributed by atoms with van der Waals surface area (Å²) >= 11 is 0. The summed E-state index contributed by atoms with van der Waals surface area (Å²) in [5.41, 5.74) is 0.702. The van der Waals surface area contributed by atoms with Gasteiger partial charge in [-0.3, -0.25) is 14.4 Å². The summed E-state index contributed by atoms with van der Waals surface area (Å²) in [6, 6.07) is 8.16. The molecule has 8 atom stereocenters. The molecule has 7 heteroatoms. The van der Waals surface area contributed by atoms with Gasteiger partial charge in [0.15, 0.2) is 0 Å². The number of piperidine rings is 1. The lowest BCUT2D eigenvalue weighted by molar-refractivity contribution is -0.193. The van der Waals surface area contributed by atoms with E-state index in [1.807, 2.05) is 25.1 Å². The van der Waals surface area contributed by atoms with Gasteiger partial charge in [-0.2, -0.15) is 5.06 Å². The van der Waals surface area contributed by atoms with Gasteiger partial charge in [0.05, 0.1) is 25.5 Å². The van der Waals surface area contributed by atoms with Crippen LogP contribution in [0.2, 0.25) is 0 Å². The van der Waals surface area contributed by atoms with Crippen molar-refractivity contribution in [2.24, 2.45) is 23.2 Å². The normalized spacial score (nSPS) is 44.1. The first-order valence-electron chi connectivity index (χ1n) is 10.9. The summed E-state index contributed by atoms with van der Waals surface area (Å²) in [6.45, 7) is 4.98. The van der Waals surface area contributed by atoms with E-state index >= 15 is 0 Å². The Hall–Kier alpha value is -1.96. The zero-order valence-electron chi connectivity index (χ0n) is 17.8. The molecule has 5 bridgehead atoms. The number of carbonyl (C=O) groups is 2. The second kappa shape index (κ2) is 5.84. The highest BCUT2D eigenvalue weighted by Crippen LogP contribution is 2.74. The van der Waals surface area contributed by atoms with Crippen LogP contribution in [0.4, 0.5) is 5.69 Å². The fraction of sp³-hybridized carbons (Fsp3) is 0.652. The number of anilines is 1. The van der Waals surface area contributed by atoms with Crippen LogP contribution in [-0.4, -0.2) is 62.3 Å². The number of para-hydroxylation sites is 1. The zero-order chi connectivity index (χ0) is 21.0. The minimum Gasteiger partial charge on any atom is -0.462 e. The SMILES string of the molecule is CON1C(=O)[C@]2(c3ccccc31)[C@@H]1C[C@H]3[C@@H](CO1)[C@H]1[C@@H]2[C@]3([C@H](C)OC(C)=O)CN1C. The number of carbonyl (C=O) groups excluding carboxylic acids is 2. The maximum atomic E-state index is 14.2. The molecule has 1 aromatic carbocycles. The van der Waals surface area contributed by atoms with Crippen molar-refractivity contribution in [1.82, 2.24) is 4.90 Å². The van der Waals surface area contributed by atoms with Gasteiger partial charge in [0.1, 0.15) is 11.5 Å². The van der Waals surface area contributed by atoms with Gasteiger partial charge in [-0.25, -0.2) is 0 Å². The van der Waals surface area contributed by atoms with E-state index in [0.29, 0.717) is 18.4 Å². The standard InChI is InChI=1S/C23H28N2O5/c1-12(30-13(2)26)22-11-24(3)19-14-10-29-18(9-16(14)22)23(20(19)22)15-7-5-6-8-17(15)25(28-4)21(23)27/h5-8,12,14,16,18-20H,9-11H2,1-4H3/t12-,14+,16-,18-,19-,20+,22-,23+/m0/s1. The number of benzene rings is 1. The molecule has 160 valence electrons. The van der Waals surface area contributed by atoms with Crippen molar-refractivity contribution in [3.05, 3.63) is 29.8 Å². The number of hydroxylamine groups is 1. The van der Waals surface area contributed by atoms with E-state index in [1.165, 1.54) is 12.0 Å². The summed E-state index contributed by atoms with van der Waals surface area (Å²) < 4.78 is 12.3. The summed E-state index contributed by atoms with van der Waals surface area (Å²) in [4.78, 5) is 34.1. The quantitative estimate of drug-likeness (QED) is 0.705. The molecule has 2 saturated heterocycles. The smallest absolute Gasteiger partial charge is 0.302 e. The molecule has 7 nitrogen and oxygen atoms in total. The van der Waals surface area contributed by atoms with Gasteiger partial charge in [-0.1, -0.05) is 18.2 Å². The Labute approximate surface area is 176 Å². The second-order valence-electron chi connectivity index (χ2n) is 9.74. The maximum Gasteiger partial charge on any atom is 0.302 e. The van der Waals surface area contributed by atoms with Crippen molar-refractivity contribution < 1.29 is 23.9 Å². The highest BCUT2D eigenvalue weighted by atomic mass is 16.7. The van der Waals surface area contributed by atoms with Gasteiger partial charge >= 0.3 is 5.97 Å². The van der Waals surface area contributed by atoms with E-state index in [2.05, 4.69) is 18.0 Å². The minimum atomic E-state index is -0.821. The third-order valence-corrected chi connectivity index (χ3v) is 8.94. The number of likely N-dealkylation sites (tertiary alicyclic amines) is 1. The summed E-state index contributed by atoms with van der Waals surface area (Å²) in [7, 11) is 3.69. The average molecular weight is 412 g/mol. The van der Waals surface area contributed by atoms with Gasteiger partial charge in [0, 0.05) is 36.8 Å². The minimum absolute atomic E-state index is 0.00870. The fourth-order valence-corrected chi connectivity index (χ4v) is 8.34. The number of esters is 1. The molecule has 30 heavy (non-hydrogen) atoms. The van der Waals surface area contributed by atoms with Crippen molar-refractivity contribution in [3.63, 3.8) is 0 Å². The lowest BCUT2D eigenvalue weighted by Crippen LogP contribution is -2.66. The molecule has 6 rings (SSSR count). The van der Waals surface area contributed by atoms with Crippen molar-refractivity contribution in [1.29, 1.82) is 0 Å². The van der Waals surface area contributed by atoms with Crippen molar-refractivity contribution >= 4 is 17.6 Å². The van der Waals surface area contributed by atoms with Gasteiger partial charge in [-0.15, -0.1) is 0 Å². The molecule has 1 aromatic rings. The van der Waals surface area contributed by atoms with Crippen molar-refractivity contribution in [3.8, 4) is 0 Å². The zero-order valence-corrected chi connectivity index (χ0v) is 17.8. The van der Waals surface area contributed by atoms with Crippen LogP contribution >= 0.6 is 0 Å². The first kappa shape index (κ1) is 18.8. The Bertz CT molecular complexity index is 951. The monoisotopic (exact) mass is 412 g/mol. The topological polar surface area (TPSA) is 68.3 Å². The number of nitrogens with zero attached hydrogens (tertiary/aromatic N) is 2. The van der Waals surface area contributed by atoms with Crippen LogP contribution in [0, 0.1) is 23.2 Å². The predicted molar refractivity (Wildman–Crippen MR) is 108 cm³/mol. The highest BCUT2D eigenvalue weighted by Gasteiger charge is 2.82. The Morgan fingerprint density at radius 1 is 1.33 bits per heavy atom. The molecule has 3 aliphatic heterocycles. The number of hydrogen-bond acceptors (Lipinski definition) is 6. The third kappa shape index (κ3) is 1.81. The van der Waals surface area contributed by atoms with Crippen LogP contribution in [0.5, 0.6) is 0 Å². The lowest BCUT2D eigenvalue weighted by Gasteiger charge is -2.57. The Morgan fingerprint density at radius 3 is 2.83 bits per heavy atom. The van der Waals surface area contributed by atoms with Crippen molar-refractivity contribution in [2.75, 3.05) is 32.4 Å². The first-order chi connectivity index (χ1) is 14.4. The van der Waals surface area contributed by atoms with E-state index in [9.17, 15) is 9.59 Å². The molecule has 1 amide bonds. The van der Waals surface area contributed by atoms with Gasteiger partial charge in [0.25, 0.3) is 5.91 Å². The van der Waals surface area contributed by atoms with Gasteiger partial charge in [-0.05, 0) is 37.9 Å². The summed E-state index contributed by atoms with van der Waals surface area (Å²) in [6.07, 6.45) is 0.357. The van der Waals surface area contributed by atoms with E-state index in [4.69, 9.17) is 14.3 Å². The third-order valence-electron chi connectivity index (χ3n) is 8.94. The highest BCUT2D eigenvalue weighted by molar-refractivity contribution is 6.08. The molecule has 0 unspecified atom stereocenters. The molecule has 0 radical (unpaired) electrons. The lowest BCUT2D eigenvalue weighted by atomic mass is 9.50. The van der Waals surface area contributed by atoms with E-state index in [1.54, 1.807) is 7.11 Å². The number of fused-ring (bicyclic) bond motifs is 5. The predicted octanol–water partition coefficient (Wildman–Crippen LogP) is 1.75. The number of amides is 1. The van der Waals surface area contributed by atoms with Crippen LogP contribution in [0.1, 0.15) is 25.8 Å². The number of hydrogen-bond donors (Lipinski definition) is 0. The Kier molecular flexibility index (Phi) is 3.65. The van der Waals surface area contributed by atoms with Crippen LogP contribution in [-0.2, 0) is 29.3 Å². The molecule has 5 aliphatic rings. The van der Waals surface area contributed by atoms with Gasteiger partial charge < -0.3 is 14.4 Å². The summed E-state index contributed by atoms with van der Waals surface area (Å²) in [5, 5.41) is 1.45. The van der Waals surface area contributed by atoms with E-state index in [-0.39, 0.29) is 41.5 Å². The maximum absolute atomic E-state index is 14.2. The molecule has 4 fully saturated rings.